The summed E-state index contributed by atoms with van der Waals surface area (Å²) in [6.07, 6.45) is 1.21. The van der Waals surface area contributed by atoms with Crippen LogP contribution < -0.4 is 15.2 Å². The van der Waals surface area contributed by atoms with Crippen molar-refractivity contribution in [2.75, 3.05) is 26.3 Å². The lowest BCUT2D eigenvalue weighted by molar-refractivity contribution is 0.171. The Hall–Kier alpha value is -1.26. The average Bonchev–Trinajstić information content (AvgIpc) is 2.79. The maximum atomic E-state index is 5.78. The summed E-state index contributed by atoms with van der Waals surface area (Å²) < 4.78 is 11.2. The van der Waals surface area contributed by atoms with Gasteiger partial charge in [-0.1, -0.05) is 6.07 Å². The topological polar surface area (TPSA) is 47.7 Å². The van der Waals surface area contributed by atoms with Crippen molar-refractivity contribution in [1.82, 2.24) is 4.90 Å². The smallest absolute Gasteiger partial charge is 0.161 e. The molecule has 2 atom stereocenters. The fourth-order valence-electron chi connectivity index (χ4n) is 3.03. The number of likely N-dealkylation sites (tertiary alicyclic amines) is 1. The van der Waals surface area contributed by atoms with Gasteiger partial charge in [-0.3, -0.25) is 4.90 Å². The third-order valence-electron chi connectivity index (χ3n) is 4.12. The standard InChI is InChI=1S/C15H22N2O2/c1-11-6-13(8-16)10-17(11)9-12-2-3-14-15(7-12)19-5-4-18-14/h2-3,7,11,13H,4-6,8-10,16H2,1H3. The molecule has 2 aliphatic rings. The van der Waals surface area contributed by atoms with Gasteiger partial charge in [-0.2, -0.15) is 0 Å². The summed E-state index contributed by atoms with van der Waals surface area (Å²) in [5, 5.41) is 0. The highest BCUT2D eigenvalue weighted by Gasteiger charge is 2.28. The van der Waals surface area contributed by atoms with Crippen molar-refractivity contribution >= 4 is 0 Å². The number of rotatable bonds is 3. The van der Waals surface area contributed by atoms with Crippen LogP contribution in [0.25, 0.3) is 0 Å². The van der Waals surface area contributed by atoms with Crippen LogP contribution in [0.1, 0.15) is 18.9 Å². The molecule has 1 aromatic rings. The van der Waals surface area contributed by atoms with E-state index in [1.807, 2.05) is 6.07 Å². The molecule has 2 heterocycles. The SMILES string of the molecule is CC1CC(CN)CN1Cc1ccc2c(c1)OCCO2. The molecule has 4 nitrogen and oxygen atoms in total. The highest BCUT2D eigenvalue weighted by molar-refractivity contribution is 5.43. The summed E-state index contributed by atoms with van der Waals surface area (Å²) in [6.45, 7) is 6.44. The van der Waals surface area contributed by atoms with Crippen LogP contribution in [0.3, 0.4) is 0 Å². The molecule has 4 heteroatoms. The largest absolute Gasteiger partial charge is 0.486 e. The zero-order valence-electron chi connectivity index (χ0n) is 11.5. The van der Waals surface area contributed by atoms with Gasteiger partial charge in [0.05, 0.1) is 0 Å². The zero-order valence-corrected chi connectivity index (χ0v) is 11.5. The minimum atomic E-state index is 0.613. The fourth-order valence-corrected chi connectivity index (χ4v) is 3.03. The molecule has 1 aromatic carbocycles. The van der Waals surface area contributed by atoms with E-state index in [0.717, 1.165) is 31.1 Å². The van der Waals surface area contributed by atoms with Crippen molar-refractivity contribution in [2.24, 2.45) is 11.7 Å². The third-order valence-corrected chi connectivity index (χ3v) is 4.12. The molecule has 0 amide bonds. The van der Waals surface area contributed by atoms with E-state index in [1.54, 1.807) is 0 Å². The number of benzene rings is 1. The predicted molar refractivity (Wildman–Crippen MR) is 74.5 cm³/mol. The monoisotopic (exact) mass is 262 g/mol. The minimum absolute atomic E-state index is 0.613. The summed E-state index contributed by atoms with van der Waals surface area (Å²) in [7, 11) is 0. The Kier molecular flexibility index (Phi) is 3.62. The van der Waals surface area contributed by atoms with E-state index in [2.05, 4.69) is 24.0 Å². The van der Waals surface area contributed by atoms with Crippen LogP contribution in [0.5, 0.6) is 11.5 Å². The van der Waals surface area contributed by atoms with Gasteiger partial charge in [0.1, 0.15) is 13.2 Å². The van der Waals surface area contributed by atoms with Gasteiger partial charge >= 0.3 is 0 Å². The lowest BCUT2D eigenvalue weighted by Crippen LogP contribution is -2.27. The van der Waals surface area contributed by atoms with Crippen molar-refractivity contribution in [2.45, 2.75) is 25.9 Å². The number of hydrogen-bond acceptors (Lipinski definition) is 4. The van der Waals surface area contributed by atoms with Crippen molar-refractivity contribution < 1.29 is 9.47 Å². The molecule has 2 aliphatic heterocycles. The molecule has 2 N–H and O–H groups in total. The number of fused-ring (bicyclic) bond motifs is 1. The number of nitrogens with two attached hydrogens (primary N) is 1. The van der Waals surface area contributed by atoms with Gasteiger partial charge in [0.2, 0.25) is 0 Å². The second-order valence-corrected chi connectivity index (χ2v) is 5.59. The third kappa shape index (κ3) is 2.69. The lowest BCUT2D eigenvalue weighted by Gasteiger charge is -2.23. The van der Waals surface area contributed by atoms with Gasteiger partial charge in [0.15, 0.2) is 11.5 Å². The van der Waals surface area contributed by atoms with Crippen LogP contribution in [0.2, 0.25) is 0 Å². The first-order valence-corrected chi connectivity index (χ1v) is 7.09. The molecule has 0 radical (unpaired) electrons. The number of nitrogens with zero attached hydrogens (tertiary/aromatic N) is 1. The molecule has 0 spiro atoms. The maximum absolute atomic E-state index is 5.78. The van der Waals surface area contributed by atoms with Gasteiger partial charge in [-0.25, -0.2) is 0 Å². The normalized spacial score (nSPS) is 26.6. The van der Waals surface area contributed by atoms with Crippen LogP contribution in [0.4, 0.5) is 0 Å². The summed E-state index contributed by atoms with van der Waals surface area (Å²) in [5.74, 6) is 2.39. The Bertz CT molecular complexity index is 450. The summed E-state index contributed by atoms with van der Waals surface area (Å²) >= 11 is 0. The summed E-state index contributed by atoms with van der Waals surface area (Å²) in [5.41, 5.74) is 7.07. The van der Waals surface area contributed by atoms with Crippen molar-refractivity contribution in [3.05, 3.63) is 23.8 Å². The highest BCUT2D eigenvalue weighted by Crippen LogP contribution is 2.32. The first-order valence-electron chi connectivity index (χ1n) is 7.09. The van der Waals surface area contributed by atoms with Crippen molar-refractivity contribution in [1.29, 1.82) is 0 Å². The Morgan fingerprint density at radius 2 is 2.05 bits per heavy atom. The second kappa shape index (κ2) is 5.39. The second-order valence-electron chi connectivity index (χ2n) is 5.59. The zero-order chi connectivity index (χ0) is 13.2. The van der Waals surface area contributed by atoms with E-state index in [9.17, 15) is 0 Å². The predicted octanol–water partition coefficient (Wildman–Crippen LogP) is 1.63. The maximum Gasteiger partial charge on any atom is 0.161 e. The molecule has 0 bridgehead atoms. The summed E-state index contributed by atoms with van der Waals surface area (Å²) in [4.78, 5) is 2.50. The van der Waals surface area contributed by atoms with Crippen molar-refractivity contribution in [3.8, 4) is 11.5 Å². The molecule has 0 aromatic heterocycles. The van der Waals surface area contributed by atoms with Crippen LogP contribution in [0, 0.1) is 5.92 Å². The fraction of sp³-hybridized carbons (Fsp3) is 0.600. The van der Waals surface area contributed by atoms with Gasteiger partial charge in [-0.05, 0) is 43.5 Å². The van der Waals surface area contributed by atoms with Gasteiger partial charge in [0, 0.05) is 19.1 Å². The Balaban J connectivity index is 1.70. The van der Waals surface area contributed by atoms with E-state index in [0.29, 0.717) is 25.2 Å². The molecular formula is C15H22N2O2. The molecule has 1 saturated heterocycles. The van der Waals surface area contributed by atoms with Crippen molar-refractivity contribution in [3.63, 3.8) is 0 Å². The molecule has 19 heavy (non-hydrogen) atoms. The number of ether oxygens (including phenoxy) is 2. The Labute approximate surface area is 114 Å². The molecule has 0 saturated carbocycles. The minimum Gasteiger partial charge on any atom is -0.486 e. The molecule has 1 fully saturated rings. The van der Waals surface area contributed by atoms with E-state index in [4.69, 9.17) is 15.2 Å². The first-order chi connectivity index (χ1) is 9.26. The lowest BCUT2D eigenvalue weighted by atomic mass is 10.1. The van der Waals surface area contributed by atoms with E-state index in [1.165, 1.54) is 12.0 Å². The Morgan fingerprint density at radius 3 is 2.79 bits per heavy atom. The Morgan fingerprint density at radius 1 is 1.26 bits per heavy atom. The first kappa shape index (κ1) is 12.8. The van der Waals surface area contributed by atoms with E-state index >= 15 is 0 Å². The summed E-state index contributed by atoms with van der Waals surface area (Å²) in [6, 6.07) is 6.87. The molecule has 0 aliphatic carbocycles. The van der Waals surface area contributed by atoms with E-state index in [-0.39, 0.29) is 0 Å². The molecule has 3 rings (SSSR count). The van der Waals surface area contributed by atoms with Gasteiger partial charge in [-0.15, -0.1) is 0 Å². The molecule has 104 valence electrons. The average molecular weight is 262 g/mol. The van der Waals surface area contributed by atoms with Gasteiger partial charge < -0.3 is 15.2 Å². The van der Waals surface area contributed by atoms with Gasteiger partial charge in [0.25, 0.3) is 0 Å². The van der Waals surface area contributed by atoms with Crippen LogP contribution in [0.15, 0.2) is 18.2 Å². The van der Waals surface area contributed by atoms with E-state index < -0.39 is 0 Å². The van der Waals surface area contributed by atoms with Crippen LogP contribution >= 0.6 is 0 Å². The molecular weight excluding hydrogens is 240 g/mol. The van der Waals surface area contributed by atoms with Crippen LogP contribution in [-0.4, -0.2) is 37.2 Å². The number of hydrogen-bond donors (Lipinski definition) is 1. The quantitative estimate of drug-likeness (QED) is 0.899. The molecule has 2 unspecified atom stereocenters. The highest BCUT2D eigenvalue weighted by atomic mass is 16.6. The van der Waals surface area contributed by atoms with Crippen LogP contribution in [-0.2, 0) is 6.54 Å².